The fourth-order valence-corrected chi connectivity index (χ4v) is 4.37. The number of aliphatic imine (C=N–C) groups is 1. The molecule has 0 amide bonds. The fourth-order valence-electron chi connectivity index (χ4n) is 3.44. The average molecular weight is 484 g/mol. The lowest BCUT2D eigenvalue weighted by Crippen LogP contribution is -2.40. The lowest BCUT2D eigenvalue weighted by molar-refractivity contribution is 0.486. The van der Waals surface area contributed by atoms with Gasteiger partial charge in [-0.1, -0.05) is 30.3 Å². The second kappa shape index (κ2) is 10.3. The van der Waals surface area contributed by atoms with Gasteiger partial charge in [-0.3, -0.25) is 4.99 Å². The van der Waals surface area contributed by atoms with Gasteiger partial charge in [-0.25, -0.2) is 4.98 Å². The van der Waals surface area contributed by atoms with Crippen molar-refractivity contribution in [2.75, 3.05) is 26.2 Å². The van der Waals surface area contributed by atoms with Gasteiger partial charge < -0.3 is 10.2 Å². The van der Waals surface area contributed by atoms with Crippen LogP contribution in [0.1, 0.15) is 40.4 Å². The van der Waals surface area contributed by atoms with Crippen molar-refractivity contribution in [1.29, 1.82) is 0 Å². The Morgan fingerprint density at radius 1 is 1.31 bits per heavy atom. The molecule has 1 aromatic heterocycles. The second-order valence-corrected chi connectivity index (χ2v) is 7.86. The third kappa shape index (κ3) is 5.42. The van der Waals surface area contributed by atoms with Crippen molar-refractivity contribution in [3.63, 3.8) is 0 Å². The molecule has 0 saturated carbocycles. The first-order valence-corrected chi connectivity index (χ1v) is 10.00. The van der Waals surface area contributed by atoms with Gasteiger partial charge in [-0.2, -0.15) is 0 Å². The highest BCUT2D eigenvalue weighted by molar-refractivity contribution is 14.0. The van der Waals surface area contributed by atoms with Gasteiger partial charge in [-0.05, 0) is 32.8 Å². The lowest BCUT2D eigenvalue weighted by atomic mass is 9.99. The molecule has 2 heterocycles. The molecule has 142 valence electrons. The summed E-state index contributed by atoms with van der Waals surface area (Å²) in [5.74, 6) is 1.66. The van der Waals surface area contributed by atoms with Crippen molar-refractivity contribution in [2.45, 2.75) is 39.5 Å². The summed E-state index contributed by atoms with van der Waals surface area (Å²) in [7, 11) is 0. The minimum atomic E-state index is 0. The molecular weight excluding hydrogens is 455 g/mol. The molecule has 1 saturated heterocycles. The molecule has 0 radical (unpaired) electrons. The van der Waals surface area contributed by atoms with E-state index in [1.807, 2.05) is 0 Å². The van der Waals surface area contributed by atoms with Crippen LogP contribution in [0.15, 0.2) is 35.3 Å². The number of hydrogen-bond acceptors (Lipinski definition) is 3. The minimum absolute atomic E-state index is 0. The smallest absolute Gasteiger partial charge is 0.193 e. The van der Waals surface area contributed by atoms with Crippen molar-refractivity contribution < 1.29 is 0 Å². The zero-order valence-electron chi connectivity index (χ0n) is 15.9. The van der Waals surface area contributed by atoms with Crippen LogP contribution in [0.4, 0.5) is 0 Å². The van der Waals surface area contributed by atoms with Gasteiger partial charge in [0.1, 0.15) is 0 Å². The molecule has 1 aromatic carbocycles. The summed E-state index contributed by atoms with van der Waals surface area (Å²) < 4.78 is 0. The topological polar surface area (TPSA) is 40.5 Å². The SMILES string of the molecule is CCNC(=NCCc1sc(C)nc1C)N1CCC(c2ccccc2)C1.I. The number of likely N-dealkylation sites (tertiary alicyclic amines) is 1. The highest BCUT2D eigenvalue weighted by Gasteiger charge is 2.25. The molecule has 26 heavy (non-hydrogen) atoms. The molecule has 1 unspecified atom stereocenters. The van der Waals surface area contributed by atoms with Crippen LogP contribution in [-0.2, 0) is 6.42 Å². The number of rotatable bonds is 5. The monoisotopic (exact) mass is 484 g/mol. The van der Waals surface area contributed by atoms with Crippen molar-refractivity contribution in [1.82, 2.24) is 15.2 Å². The van der Waals surface area contributed by atoms with E-state index in [-0.39, 0.29) is 24.0 Å². The third-order valence-corrected chi connectivity index (χ3v) is 5.83. The molecular formula is C20H29IN4S. The Labute approximate surface area is 178 Å². The van der Waals surface area contributed by atoms with Crippen molar-refractivity contribution >= 4 is 41.3 Å². The maximum Gasteiger partial charge on any atom is 0.193 e. The summed E-state index contributed by atoms with van der Waals surface area (Å²) in [5, 5.41) is 4.61. The molecule has 6 heteroatoms. The minimum Gasteiger partial charge on any atom is -0.357 e. The van der Waals surface area contributed by atoms with Crippen molar-refractivity contribution in [2.24, 2.45) is 4.99 Å². The Hall–Kier alpha value is -1.15. The number of halogens is 1. The van der Waals surface area contributed by atoms with Gasteiger partial charge in [0, 0.05) is 43.4 Å². The van der Waals surface area contributed by atoms with E-state index in [0.29, 0.717) is 5.92 Å². The summed E-state index contributed by atoms with van der Waals surface area (Å²) in [6, 6.07) is 10.8. The molecule has 4 nitrogen and oxygen atoms in total. The Kier molecular flexibility index (Phi) is 8.34. The largest absolute Gasteiger partial charge is 0.357 e. The number of nitrogens with one attached hydrogen (secondary N) is 1. The average Bonchev–Trinajstić information content (AvgIpc) is 3.22. The number of guanidine groups is 1. The molecule has 1 aliphatic rings. The maximum atomic E-state index is 4.88. The molecule has 3 rings (SSSR count). The highest BCUT2D eigenvalue weighted by Crippen LogP contribution is 2.27. The number of aryl methyl sites for hydroxylation is 2. The number of thiazole rings is 1. The van der Waals surface area contributed by atoms with Crippen LogP contribution in [0.5, 0.6) is 0 Å². The molecule has 1 aliphatic heterocycles. The predicted octanol–water partition coefficient (Wildman–Crippen LogP) is 4.38. The van der Waals surface area contributed by atoms with Crippen LogP contribution >= 0.6 is 35.3 Å². The Morgan fingerprint density at radius 3 is 2.73 bits per heavy atom. The van der Waals surface area contributed by atoms with E-state index in [2.05, 4.69) is 66.3 Å². The second-order valence-electron chi connectivity index (χ2n) is 6.57. The van der Waals surface area contributed by atoms with Crippen LogP contribution in [0.3, 0.4) is 0 Å². The highest BCUT2D eigenvalue weighted by atomic mass is 127. The van der Waals surface area contributed by atoms with E-state index in [1.54, 1.807) is 11.3 Å². The van der Waals surface area contributed by atoms with E-state index < -0.39 is 0 Å². The molecule has 1 fully saturated rings. The quantitative estimate of drug-likeness (QED) is 0.389. The third-order valence-electron chi connectivity index (χ3n) is 4.69. The van der Waals surface area contributed by atoms with Crippen LogP contribution < -0.4 is 5.32 Å². The van der Waals surface area contributed by atoms with Gasteiger partial charge in [-0.15, -0.1) is 35.3 Å². The first-order valence-electron chi connectivity index (χ1n) is 9.18. The normalized spacial score (nSPS) is 17.3. The molecule has 2 aromatic rings. The number of benzene rings is 1. The number of aromatic nitrogens is 1. The Morgan fingerprint density at radius 2 is 2.08 bits per heavy atom. The van der Waals surface area contributed by atoms with E-state index in [1.165, 1.54) is 16.9 Å². The van der Waals surface area contributed by atoms with Gasteiger partial charge in [0.25, 0.3) is 0 Å². The molecule has 1 N–H and O–H groups in total. The molecule has 1 atom stereocenters. The van der Waals surface area contributed by atoms with Gasteiger partial charge >= 0.3 is 0 Å². The zero-order valence-corrected chi connectivity index (χ0v) is 19.0. The van der Waals surface area contributed by atoms with Crippen LogP contribution in [-0.4, -0.2) is 42.0 Å². The lowest BCUT2D eigenvalue weighted by Gasteiger charge is -2.21. The molecule has 0 bridgehead atoms. The van der Waals surface area contributed by atoms with Gasteiger partial charge in [0.15, 0.2) is 5.96 Å². The summed E-state index contributed by atoms with van der Waals surface area (Å²) in [4.78, 5) is 13.2. The van der Waals surface area contributed by atoms with Crippen LogP contribution in [0.2, 0.25) is 0 Å². The van der Waals surface area contributed by atoms with E-state index >= 15 is 0 Å². The standard InChI is InChI=1S/C20H28N4S.HI/c1-4-21-20(22-12-10-19-15(2)23-16(3)25-19)24-13-11-18(14-24)17-8-6-5-7-9-17;/h5-9,18H,4,10-14H2,1-3H3,(H,21,22);1H. The van der Waals surface area contributed by atoms with E-state index in [0.717, 1.165) is 49.3 Å². The van der Waals surface area contributed by atoms with Crippen molar-refractivity contribution in [3.8, 4) is 0 Å². The fraction of sp³-hybridized carbons (Fsp3) is 0.500. The van der Waals surface area contributed by atoms with Gasteiger partial charge in [0.05, 0.1) is 10.7 Å². The Bertz CT molecular complexity index is 714. The Balaban J connectivity index is 0.00000243. The summed E-state index contributed by atoms with van der Waals surface area (Å²) in [5.41, 5.74) is 2.60. The maximum absolute atomic E-state index is 4.88. The number of hydrogen-bond donors (Lipinski definition) is 1. The number of nitrogens with zero attached hydrogens (tertiary/aromatic N) is 3. The summed E-state index contributed by atoms with van der Waals surface area (Å²) >= 11 is 1.79. The summed E-state index contributed by atoms with van der Waals surface area (Å²) in [6.45, 7) is 10.2. The molecule has 0 aliphatic carbocycles. The first kappa shape index (κ1) is 21.2. The molecule has 0 spiro atoms. The van der Waals surface area contributed by atoms with E-state index in [9.17, 15) is 0 Å². The summed E-state index contributed by atoms with van der Waals surface area (Å²) in [6.07, 6.45) is 2.17. The van der Waals surface area contributed by atoms with Crippen LogP contribution in [0.25, 0.3) is 0 Å². The van der Waals surface area contributed by atoms with E-state index in [4.69, 9.17) is 4.99 Å². The first-order chi connectivity index (χ1) is 12.2. The predicted molar refractivity (Wildman–Crippen MR) is 122 cm³/mol. The van der Waals surface area contributed by atoms with Gasteiger partial charge in [0.2, 0.25) is 0 Å². The van der Waals surface area contributed by atoms with Crippen LogP contribution in [0, 0.1) is 13.8 Å². The van der Waals surface area contributed by atoms with Crippen molar-refractivity contribution in [3.05, 3.63) is 51.5 Å². The zero-order chi connectivity index (χ0) is 17.6.